The normalized spacial score (nSPS) is 10.1. The van der Waals surface area contributed by atoms with E-state index in [0.717, 1.165) is 5.56 Å². The molecule has 2 aromatic rings. The molecule has 2 N–H and O–H groups in total. The Hall–Kier alpha value is -2.14. The third kappa shape index (κ3) is 2.95. The summed E-state index contributed by atoms with van der Waals surface area (Å²) in [6.45, 7) is 0.538. The largest absolute Gasteiger partial charge is 0.478 e. The van der Waals surface area contributed by atoms with Crippen LogP contribution in [-0.2, 0) is 6.54 Å². The van der Waals surface area contributed by atoms with Crippen LogP contribution in [0, 0.1) is 0 Å². The van der Waals surface area contributed by atoms with Gasteiger partial charge in [-0.3, -0.25) is 0 Å². The Morgan fingerprint density at radius 2 is 2.00 bits per heavy atom. The average molecular weight is 264 g/mol. The standard InChI is InChI=1S/C12H10ClN3O2/c13-11-9(12(17)18)6-10(15-16-11)14-7-8-4-2-1-3-5-8/h1-6H,7H2,(H,14,15)(H,17,18). The maximum atomic E-state index is 10.9. The molecule has 0 unspecified atom stereocenters. The molecule has 1 heterocycles. The molecule has 6 heteroatoms. The smallest absolute Gasteiger partial charge is 0.339 e. The van der Waals surface area contributed by atoms with Gasteiger partial charge in [-0.1, -0.05) is 41.9 Å². The molecule has 0 aliphatic carbocycles. The predicted molar refractivity (Wildman–Crippen MR) is 67.8 cm³/mol. The Morgan fingerprint density at radius 1 is 1.28 bits per heavy atom. The molecule has 0 aliphatic rings. The molecule has 0 spiro atoms. The van der Waals surface area contributed by atoms with Crippen molar-refractivity contribution in [1.29, 1.82) is 0 Å². The minimum Gasteiger partial charge on any atom is -0.478 e. The van der Waals surface area contributed by atoms with Gasteiger partial charge in [-0.15, -0.1) is 10.2 Å². The van der Waals surface area contributed by atoms with Crippen molar-refractivity contribution >= 4 is 23.4 Å². The van der Waals surface area contributed by atoms with Crippen LogP contribution in [0.1, 0.15) is 15.9 Å². The minimum absolute atomic E-state index is 0.0674. The molecule has 0 fully saturated rings. The summed E-state index contributed by atoms with van der Waals surface area (Å²) in [7, 11) is 0. The summed E-state index contributed by atoms with van der Waals surface area (Å²) in [5.74, 6) is -0.752. The van der Waals surface area contributed by atoms with Gasteiger partial charge in [0.05, 0.1) is 0 Å². The van der Waals surface area contributed by atoms with Crippen molar-refractivity contribution in [2.24, 2.45) is 0 Å². The van der Waals surface area contributed by atoms with E-state index in [0.29, 0.717) is 12.4 Å². The number of nitrogens with zero attached hydrogens (tertiary/aromatic N) is 2. The summed E-state index contributed by atoms with van der Waals surface area (Å²) in [5.41, 5.74) is 0.994. The number of rotatable bonds is 4. The Bertz CT molecular complexity index is 561. The van der Waals surface area contributed by atoms with Gasteiger partial charge in [-0.2, -0.15) is 0 Å². The van der Waals surface area contributed by atoms with Crippen molar-refractivity contribution in [1.82, 2.24) is 10.2 Å². The van der Waals surface area contributed by atoms with Crippen molar-refractivity contribution in [3.8, 4) is 0 Å². The molecule has 0 radical (unpaired) electrons. The molecule has 0 saturated carbocycles. The number of aromatic nitrogens is 2. The molecule has 18 heavy (non-hydrogen) atoms. The van der Waals surface area contributed by atoms with Crippen molar-refractivity contribution in [3.63, 3.8) is 0 Å². The Labute approximate surface area is 108 Å². The molecule has 0 amide bonds. The van der Waals surface area contributed by atoms with Crippen LogP contribution in [0.2, 0.25) is 5.15 Å². The highest BCUT2D eigenvalue weighted by Gasteiger charge is 2.11. The van der Waals surface area contributed by atoms with Crippen LogP contribution in [0.3, 0.4) is 0 Å². The number of carboxylic acid groups (broad SMARTS) is 1. The van der Waals surface area contributed by atoms with Gasteiger partial charge >= 0.3 is 5.97 Å². The van der Waals surface area contributed by atoms with Crippen LogP contribution in [0.25, 0.3) is 0 Å². The first kappa shape index (κ1) is 12.3. The number of nitrogens with one attached hydrogen (secondary N) is 1. The number of carbonyl (C=O) groups is 1. The highest BCUT2D eigenvalue weighted by molar-refractivity contribution is 6.32. The Balaban J connectivity index is 2.11. The third-order valence-electron chi connectivity index (χ3n) is 2.30. The van der Waals surface area contributed by atoms with E-state index in [4.69, 9.17) is 16.7 Å². The molecule has 5 nitrogen and oxygen atoms in total. The molecule has 0 bridgehead atoms. The van der Waals surface area contributed by atoms with Gasteiger partial charge in [0.25, 0.3) is 0 Å². The first-order chi connectivity index (χ1) is 8.66. The Kier molecular flexibility index (Phi) is 3.74. The molecule has 2 rings (SSSR count). The average Bonchev–Trinajstić information content (AvgIpc) is 2.38. The van der Waals surface area contributed by atoms with Gasteiger partial charge in [0.2, 0.25) is 0 Å². The van der Waals surface area contributed by atoms with Gasteiger partial charge in [0.1, 0.15) is 11.4 Å². The number of hydrogen-bond acceptors (Lipinski definition) is 4. The van der Waals surface area contributed by atoms with E-state index in [-0.39, 0.29) is 10.7 Å². The zero-order chi connectivity index (χ0) is 13.0. The lowest BCUT2D eigenvalue weighted by Gasteiger charge is -2.06. The van der Waals surface area contributed by atoms with Crippen molar-refractivity contribution in [2.75, 3.05) is 5.32 Å². The summed E-state index contributed by atoms with van der Waals surface area (Å²) in [6, 6.07) is 11.0. The number of benzene rings is 1. The number of aromatic carboxylic acids is 1. The summed E-state index contributed by atoms with van der Waals surface area (Å²) in [5, 5.41) is 19.1. The SMILES string of the molecule is O=C(O)c1cc(NCc2ccccc2)nnc1Cl. The second-order valence-corrected chi connectivity index (χ2v) is 3.94. The van der Waals surface area contributed by atoms with E-state index in [9.17, 15) is 4.79 Å². The van der Waals surface area contributed by atoms with Crippen LogP contribution in [0.5, 0.6) is 0 Å². The van der Waals surface area contributed by atoms with Gasteiger partial charge < -0.3 is 10.4 Å². The van der Waals surface area contributed by atoms with Crippen LogP contribution in [0.15, 0.2) is 36.4 Å². The zero-order valence-corrected chi connectivity index (χ0v) is 10.1. The molecule has 0 aliphatic heterocycles. The fourth-order valence-electron chi connectivity index (χ4n) is 1.40. The zero-order valence-electron chi connectivity index (χ0n) is 9.30. The quantitative estimate of drug-likeness (QED) is 0.886. The topological polar surface area (TPSA) is 75.1 Å². The number of anilines is 1. The van der Waals surface area contributed by atoms with E-state index in [1.54, 1.807) is 0 Å². The Morgan fingerprint density at radius 3 is 2.67 bits per heavy atom. The predicted octanol–water partition coefficient (Wildman–Crippen LogP) is 2.44. The molecule has 1 aromatic carbocycles. The number of hydrogen-bond donors (Lipinski definition) is 2. The second-order valence-electron chi connectivity index (χ2n) is 3.58. The monoisotopic (exact) mass is 263 g/mol. The molecule has 92 valence electrons. The fraction of sp³-hybridized carbons (Fsp3) is 0.0833. The lowest BCUT2D eigenvalue weighted by Crippen LogP contribution is -2.06. The fourth-order valence-corrected chi connectivity index (χ4v) is 1.57. The van der Waals surface area contributed by atoms with E-state index in [1.807, 2.05) is 30.3 Å². The van der Waals surface area contributed by atoms with E-state index in [1.165, 1.54) is 6.07 Å². The van der Waals surface area contributed by atoms with E-state index < -0.39 is 5.97 Å². The lowest BCUT2D eigenvalue weighted by atomic mass is 10.2. The van der Waals surface area contributed by atoms with Crippen molar-refractivity contribution in [2.45, 2.75) is 6.54 Å². The summed E-state index contributed by atoms with van der Waals surface area (Å²) in [6.07, 6.45) is 0. The first-order valence-corrected chi connectivity index (χ1v) is 5.59. The lowest BCUT2D eigenvalue weighted by molar-refractivity contribution is 0.0696. The van der Waals surface area contributed by atoms with Crippen LogP contribution < -0.4 is 5.32 Å². The van der Waals surface area contributed by atoms with Crippen molar-refractivity contribution < 1.29 is 9.90 Å². The van der Waals surface area contributed by atoms with Crippen molar-refractivity contribution in [3.05, 3.63) is 52.7 Å². The molecular formula is C12H10ClN3O2. The van der Waals surface area contributed by atoms with Crippen LogP contribution >= 0.6 is 11.6 Å². The molecular weight excluding hydrogens is 254 g/mol. The highest BCUT2D eigenvalue weighted by atomic mass is 35.5. The van der Waals surface area contributed by atoms with Gasteiger partial charge in [-0.25, -0.2) is 4.79 Å². The highest BCUT2D eigenvalue weighted by Crippen LogP contribution is 2.15. The molecule has 1 aromatic heterocycles. The van der Waals surface area contributed by atoms with Gasteiger partial charge in [0.15, 0.2) is 5.15 Å². The molecule has 0 atom stereocenters. The van der Waals surface area contributed by atoms with Crippen LogP contribution in [-0.4, -0.2) is 21.3 Å². The maximum absolute atomic E-state index is 10.9. The van der Waals surface area contributed by atoms with E-state index in [2.05, 4.69) is 15.5 Å². The second kappa shape index (κ2) is 5.46. The number of halogens is 1. The third-order valence-corrected chi connectivity index (χ3v) is 2.57. The van der Waals surface area contributed by atoms with Gasteiger partial charge in [0, 0.05) is 12.6 Å². The summed E-state index contributed by atoms with van der Waals surface area (Å²) in [4.78, 5) is 10.9. The van der Waals surface area contributed by atoms with E-state index >= 15 is 0 Å². The number of carboxylic acids is 1. The summed E-state index contributed by atoms with van der Waals surface area (Å²) >= 11 is 5.63. The van der Waals surface area contributed by atoms with Crippen LogP contribution in [0.4, 0.5) is 5.82 Å². The maximum Gasteiger partial charge on any atom is 0.339 e. The first-order valence-electron chi connectivity index (χ1n) is 5.21. The van der Waals surface area contributed by atoms with Gasteiger partial charge in [-0.05, 0) is 5.56 Å². The molecule has 0 saturated heterocycles. The minimum atomic E-state index is -1.13. The summed E-state index contributed by atoms with van der Waals surface area (Å²) < 4.78 is 0.